The van der Waals surface area contributed by atoms with Gasteiger partial charge in [0, 0.05) is 17.3 Å². The molecule has 4 heteroatoms. The summed E-state index contributed by atoms with van der Waals surface area (Å²) >= 11 is 0. The van der Waals surface area contributed by atoms with Crippen molar-refractivity contribution >= 4 is 24.0 Å². The zero-order valence-electron chi connectivity index (χ0n) is 13.1. The largest absolute Gasteiger partial charge is 0.399 e. The third-order valence-electron chi connectivity index (χ3n) is 4.48. The Labute approximate surface area is 143 Å². The Hall–Kier alpha value is -2.00. The van der Waals surface area contributed by atoms with Crippen molar-refractivity contribution in [1.29, 1.82) is 0 Å². The second-order valence-electron chi connectivity index (χ2n) is 6.06. The zero-order valence-corrected chi connectivity index (χ0v) is 13.9. The number of nitrogens with one attached hydrogen (secondary N) is 1. The van der Waals surface area contributed by atoms with Crippen LogP contribution in [0.4, 0.5) is 5.69 Å². The highest BCUT2D eigenvalue weighted by molar-refractivity contribution is 5.95. The van der Waals surface area contributed by atoms with E-state index < -0.39 is 0 Å². The lowest BCUT2D eigenvalue weighted by molar-refractivity contribution is 0.0926. The second kappa shape index (κ2) is 8.02. The second-order valence-corrected chi connectivity index (χ2v) is 6.06. The highest BCUT2D eigenvalue weighted by Crippen LogP contribution is 2.32. The van der Waals surface area contributed by atoms with Crippen molar-refractivity contribution < 1.29 is 4.79 Å². The summed E-state index contributed by atoms with van der Waals surface area (Å²) in [5.41, 5.74) is 8.42. The monoisotopic (exact) mass is 330 g/mol. The summed E-state index contributed by atoms with van der Waals surface area (Å²) in [6.45, 7) is 0. The Morgan fingerprint density at radius 1 is 0.957 bits per heavy atom. The third kappa shape index (κ3) is 4.49. The Kier molecular flexibility index (Phi) is 6.05. The number of amides is 1. The normalized spacial score (nSPS) is 20.3. The standard InChI is InChI=1S/C19H22N2O.ClH/c20-17-8-4-7-16(13-17)19(22)21-18-11-9-15(10-12-18)14-5-2-1-3-6-14;/h1-8,13,15,18H,9-12,20H2,(H,21,22);1H. The van der Waals surface area contributed by atoms with Crippen LogP contribution in [0.15, 0.2) is 54.6 Å². The van der Waals surface area contributed by atoms with Crippen molar-refractivity contribution in [2.45, 2.75) is 37.6 Å². The first kappa shape index (κ1) is 17.4. The van der Waals surface area contributed by atoms with Gasteiger partial charge in [0.25, 0.3) is 5.91 Å². The molecule has 0 aliphatic heterocycles. The lowest BCUT2D eigenvalue weighted by Crippen LogP contribution is -2.37. The highest BCUT2D eigenvalue weighted by atomic mass is 35.5. The molecule has 1 saturated carbocycles. The van der Waals surface area contributed by atoms with E-state index in [-0.39, 0.29) is 24.4 Å². The molecule has 3 nitrogen and oxygen atoms in total. The van der Waals surface area contributed by atoms with E-state index in [4.69, 9.17) is 5.73 Å². The zero-order chi connectivity index (χ0) is 15.4. The molecule has 3 N–H and O–H groups in total. The Bertz CT molecular complexity index is 637. The maximum absolute atomic E-state index is 12.2. The number of hydrogen-bond donors (Lipinski definition) is 2. The molecule has 0 radical (unpaired) electrons. The molecule has 0 spiro atoms. The summed E-state index contributed by atoms with van der Waals surface area (Å²) in [6.07, 6.45) is 4.33. The van der Waals surface area contributed by atoms with E-state index in [1.807, 2.05) is 6.07 Å². The van der Waals surface area contributed by atoms with Gasteiger partial charge >= 0.3 is 0 Å². The summed E-state index contributed by atoms with van der Waals surface area (Å²) in [7, 11) is 0. The molecule has 3 rings (SSSR count). The van der Waals surface area contributed by atoms with E-state index in [1.54, 1.807) is 18.2 Å². The first-order chi connectivity index (χ1) is 10.7. The van der Waals surface area contributed by atoms with E-state index in [0.717, 1.165) is 25.7 Å². The molecule has 0 heterocycles. The number of nitrogen functional groups attached to an aromatic ring is 1. The summed E-state index contributed by atoms with van der Waals surface area (Å²) in [5.74, 6) is 0.609. The molecule has 23 heavy (non-hydrogen) atoms. The number of nitrogens with two attached hydrogens (primary N) is 1. The van der Waals surface area contributed by atoms with Crippen molar-refractivity contribution in [3.8, 4) is 0 Å². The predicted molar refractivity (Wildman–Crippen MR) is 97.0 cm³/mol. The smallest absolute Gasteiger partial charge is 0.251 e. The fourth-order valence-electron chi connectivity index (χ4n) is 3.24. The van der Waals surface area contributed by atoms with E-state index in [9.17, 15) is 4.79 Å². The number of anilines is 1. The molecular weight excluding hydrogens is 308 g/mol. The minimum Gasteiger partial charge on any atom is -0.399 e. The molecule has 0 saturated heterocycles. The first-order valence-electron chi connectivity index (χ1n) is 7.94. The van der Waals surface area contributed by atoms with Crippen molar-refractivity contribution in [2.24, 2.45) is 0 Å². The van der Waals surface area contributed by atoms with Gasteiger partial charge in [0.15, 0.2) is 0 Å². The molecule has 1 fully saturated rings. The Morgan fingerprint density at radius 3 is 2.30 bits per heavy atom. The van der Waals surface area contributed by atoms with Crippen LogP contribution in [0, 0.1) is 0 Å². The quantitative estimate of drug-likeness (QED) is 0.831. The van der Waals surface area contributed by atoms with Gasteiger partial charge in [-0.25, -0.2) is 0 Å². The molecular formula is C19H23ClN2O. The number of carbonyl (C=O) groups excluding carboxylic acids is 1. The summed E-state index contributed by atoms with van der Waals surface area (Å²) in [6, 6.07) is 18.1. The Balaban J connectivity index is 0.00000192. The van der Waals surface area contributed by atoms with Gasteiger partial charge in [0.2, 0.25) is 0 Å². The average molecular weight is 331 g/mol. The van der Waals surface area contributed by atoms with Crippen molar-refractivity contribution in [1.82, 2.24) is 5.32 Å². The summed E-state index contributed by atoms with van der Waals surface area (Å²) in [5, 5.41) is 3.14. The summed E-state index contributed by atoms with van der Waals surface area (Å²) in [4.78, 5) is 12.2. The molecule has 0 atom stereocenters. The van der Waals surface area contributed by atoms with Gasteiger partial charge in [0.1, 0.15) is 0 Å². The Morgan fingerprint density at radius 2 is 1.65 bits per heavy atom. The molecule has 1 aliphatic rings. The van der Waals surface area contributed by atoms with Gasteiger partial charge in [-0.2, -0.15) is 0 Å². The predicted octanol–water partition coefficient (Wildman–Crippen LogP) is 4.15. The topological polar surface area (TPSA) is 55.1 Å². The number of halogens is 1. The van der Waals surface area contributed by atoms with Crippen LogP contribution in [0.25, 0.3) is 0 Å². The van der Waals surface area contributed by atoms with Crippen LogP contribution in [-0.2, 0) is 0 Å². The fraction of sp³-hybridized carbons (Fsp3) is 0.316. The molecule has 0 unspecified atom stereocenters. The van der Waals surface area contributed by atoms with Gasteiger partial charge in [0.05, 0.1) is 0 Å². The minimum atomic E-state index is -0.0181. The van der Waals surface area contributed by atoms with Crippen molar-refractivity contribution in [2.75, 3.05) is 5.73 Å². The van der Waals surface area contributed by atoms with Gasteiger partial charge in [-0.3, -0.25) is 4.79 Å². The SMILES string of the molecule is Cl.Nc1cccc(C(=O)NC2CCC(c3ccccc3)CC2)c1. The van der Waals surface area contributed by atoms with E-state index in [1.165, 1.54) is 5.56 Å². The van der Waals surface area contributed by atoms with E-state index >= 15 is 0 Å². The molecule has 1 amide bonds. The molecule has 2 aromatic rings. The van der Waals surface area contributed by atoms with Crippen LogP contribution in [0.1, 0.15) is 47.5 Å². The van der Waals surface area contributed by atoms with Gasteiger partial charge < -0.3 is 11.1 Å². The number of carbonyl (C=O) groups is 1. The molecule has 0 bridgehead atoms. The van der Waals surface area contributed by atoms with Gasteiger partial charge in [-0.1, -0.05) is 36.4 Å². The lowest BCUT2D eigenvalue weighted by atomic mass is 9.82. The van der Waals surface area contributed by atoms with Crippen LogP contribution < -0.4 is 11.1 Å². The van der Waals surface area contributed by atoms with E-state index in [2.05, 4.69) is 35.6 Å². The van der Waals surface area contributed by atoms with Crippen LogP contribution in [0.5, 0.6) is 0 Å². The fourth-order valence-corrected chi connectivity index (χ4v) is 3.24. The maximum Gasteiger partial charge on any atom is 0.251 e. The number of rotatable bonds is 3. The molecule has 122 valence electrons. The molecule has 0 aromatic heterocycles. The minimum absolute atomic E-state index is 0. The van der Waals surface area contributed by atoms with Crippen LogP contribution in [-0.4, -0.2) is 11.9 Å². The van der Waals surface area contributed by atoms with Gasteiger partial charge in [-0.15, -0.1) is 12.4 Å². The highest BCUT2D eigenvalue weighted by Gasteiger charge is 2.23. The molecule has 2 aromatic carbocycles. The first-order valence-corrected chi connectivity index (χ1v) is 7.94. The number of benzene rings is 2. The molecule has 1 aliphatic carbocycles. The lowest BCUT2D eigenvalue weighted by Gasteiger charge is -2.29. The van der Waals surface area contributed by atoms with Crippen molar-refractivity contribution in [3.63, 3.8) is 0 Å². The van der Waals surface area contributed by atoms with Gasteiger partial charge in [-0.05, 0) is 55.4 Å². The summed E-state index contributed by atoms with van der Waals surface area (Å²) < 4.78 is 0. The van der Waals surface area contributed by atoms with Crippen molar-refractivity contribution in [3.05, 3.63) is 65.7 Å². The number of hydrogen-bond acceptors (Lipinski definition) is 2. The average Bonchev–Trinajstić information content (AvgIpc) is 2.56. The maximum atomic E-state index is 12.2. The van der Waals surface area contributed by atoms with Crippen LogP contribution in [0.3, 0.4) is 0 Å². The van der Waals surface area contributed by atoms with Crippen LogP contribution >= 0.6 is 12.4 Å². The van der Waals surface area contributed by atoms with Crippen LogP contribution in [0.2, 0.25) is 0 Å². The third-order valence-corrected chi connectivity index (χ3v) is 4.48. The van der Waals surface area contributed by atoms with E-state index in [0.29, 0.717) is 17.2 Å².